The zero-order valence-electron chi connectivity index (χ0n) is 6.78. The van der Waals surface area contributed by atoms with Gasteiger partial charge in [0.2, 0.25) is 0 Å². The Morgan fingerprint density at radius 2 is 2.45 bits per heavy atom. The van der Waals surface area contributed by atoms with E-state index >= 15 is 0 Å². The van der Waals surface area contributed by atoms with E-state index in [0.29, 0.717) is 5.71 Å². The summed E-state index contributed by atoms with van der Waals surface area (Å²) in [6.45, 7) is 1.79. The highest BCUT2D eigenvalue weighted by molar-refractivity contribution is 5.98. The molecular formula is C8H12N2O. The normalized spacial score (nSPS) is 18.5. The molecule has 0 aromatic carbocycles. The molecule has 0 saturated carbocycles. The van der Waals surface area contributed by atoms with Crippen molar-refractivity contribution in [3.8, 4) is 0 Å². The molecular weight excluding hydrogens is 140 g/mol. The Bertz CT molecular complexity index is 228. The van der Waals surface area contributed by atoms with E-state index in [1.54, 1.807) is 6.92 Å². The van der Waals surface area contributed by atoms with Crippen molar-refractivity contribution in [2.45, 2.75) is 13.3 Å². The molecule has 0 saturated heterocycles. The lowest BCUT2D eigenvalue weighted by molar-refractivity contribution is 0.318. The van der Waals surface area contributed by atoms with Gasteiger partial charge in [0, 0.05) is 13.2 Å². The first-order valence-corrected chi connectivity index (χ1v) is 3.52. The fourth-order valence-electron chi connectivity index (χ4n) is 0.993. The van der Waals surface area contributed by atoms with Crippen LogP contribution >= 0.6 is 0 Å². The summed E-state index contributed by atoms with van der Waals surface area (Å²) < 4.78 is 0. The lowest BCUT2D eigenvalue weighted by Crippen LogP contribution is -2.10. The maximum absolute atomic E-state index is 8.48. The van der Waals surface area contributed by atoms with Gasteiger partial charge in [0.05, 0.1) is 5.71 Å². The summed E-state index contributed by atoms with van der Waals surface area (Å²) in [5.74, 6) is 0. The summed E-state index contributed by atoms with van der Waals surface area (Å²) in [5.41, 5.74) is 1.73. The Hall–Kier alpha value is -1.25. The average molecular weight is 152 g/mol. The van der Waals surface area contributed by atoms with Gasteiger partial charge in [0.25, 0.3) is 0 Å². The highest BCUT2D eigenvalue weighted by atomic mass is 16.4. The van der Waals surface area contributed by atoms with Crippen molar-refractivity contribution < 1.29 is 5.21 Å². The predicted octanol–water partition coefficient (Wildman–Crippen LogP) is 1.57. The van der Waals surface area contributed by atoms with E-state index in [0.717, 1.165) is 12.0 Å². The third-order valence-corrected chi connectivity index (χ3v) is 1.65. The Kier molecular flexibility index (Phi) is 2.31. The van der Waals surface area contributed by atoms with Crippen molar-refractivity contribution in [1.82, 2.24) is 4.90 Å². The second-order valence-electron chi connectivity index (χ2n) is 2.59. The maximum Gasteiger partial charge on any atom is 0.0814 e. The molecule has 0 spiro atoms. The number of allylic oxidation sites excluding steroid dienone is 2. The van der Waals surface area contributed by atoms with Crippen LogP contribution in [-0.4, -0.2) is 22.9 Å². The summed E-state index contributed by atoms with van der Waals surface area (Å²) in [4.78, 5) is 1.94. The minimum atomic E-state index is 0.682. The van der Waals surface area contributed by atoms with E-state index < -0.39 is 0 Å². The SMILES string of the molecule is C/C(=N\O)C1=CN(C)C=CC1. The summed E-state index contributed by atoms with van der Waals surface area (Å²) in [6, 6.07) is 0. The quantitative estimate of drug-likeness (QED) is 0.351. The number of hydrogen-bond acceptors (Lipinski definition) is 3. The van der Waals surface area contributed by atoms with E-state index in [-0.39, 0.29) is 0 Å². The second kappa shape index (κ2) is 3.23. The van der Waals surface area contributed by atoms with E-state index in [9.17, 15) is 0 Å². The van der Waals surface area contributed by atoms with Crippen LogP contribution in [0.5, 0.6) is 0 Å². The fourth-order valence-corrected chi connectivity index (χ4v) is 0.993. The van der Waals surface area contributed by atoms with Gasteiger partial charge in [-0.15, -0.1) is 0 Å². The van der Waals surface area contributed by atoms with Crippen molar-refractivity contribution in [2.75, 3.05) is 7.05 Å². The van der Waals surface area contributed by atoms with Crippen molar-refractivity contribution >= 4 is 5.71 Å². The van der Waals surface area contributed by atoms with Gasteiger partial charge >= 0.3 is 0 Å². The van der Waals surface area contributed by atoms with Crippen molar-refractivity contribution in [3.63, 3.8) is 0 Å². The number of rotatable bonds is 1. The van der Waals surface area contributed by atoms with Crippen LogP contribution in [0, 0.1) is 0 Å². The van der Waals surface area contributed by atoms with Crippen LogP contribution in [0.1, 0.15) is 13.3 Å². The topological polar surface area (TPSA) is 35.8 Å². The maximum atomic E-state index is 8.48. The molecule has 0 aromatic rings. The molecule has 0 unspecified atom stereocenters. The Labute approximate surface area is 66.3 Å². The number of oxime groups is 1. The molecule has 3 heteroatoms. The molecule has 11 heavy (non-hydrogen) atoms. The van der Waals surface area contributed by atoms with Crippen molar-refractivity contribution in [2.24, 2.45) is 5.16 Å². The van der Waals surface area contributed by atoms with Gasteiger partial charge in [-0.1, -0.05) is 11.2 Å². The van der Waals surface area contributed by atoms with Gasteiger partial charge in [0.15, 0.2) is 0 Å². The van der Waals surface area contributed by atoms with E-state index in [1.807, 2.05) is 30.4 Å². The molecule has 1 heterocycles. The standard InChI is InChI=1S/C8H12N2O/c1-7(9-11)8-4-3-5-10(2)6-8/h3,5-6,11H,4H2,1-2H3/b9-7+. The van der Waals surface area contributed by atoms with Gasteiger partial charge in [-0.05, 0) is 25.1 Å². The highest BCUT2D eigenvalue weighted by Gasteiger charge is 2.04. The molecule has 1 rings (SSSR count). The molecule has 3 nitrogen and oxygen atoms in total. The minimum absolute atomic E-state index is 0.682. The molecule has 1 aliphatic rings. The Morgan fingerprint density at radius 3 is 3.00 bits per heavy atom. The van der Waals surface area contributed by atoms with Crippen LogP contribution in [0.2, 0.25) is 0 Å². The van der Waals surface area contributed by atoms with Crippen LogP contribution in [0.4, 0.5) is 0 Å². The van der Waals surface area contributed by atoms with Gasteiger partial charge < -0.3 is 10.1 Å². The van der Waals surface area contributed by atoms with Crippen molar-refractivity contribution in [3.05, 3.63) is 24.0 Å². The predicted molar refractivity (Wildman–Crippen MR) is 44.5 cm³/mol. The third kappa shape index (κ3) is 1.83. The Morgan fingerprint density at radius 1 is 1.73 bits per heavy atom. The van der Waals surface area contributed by atoms with Crippen LogP contribution in [0.3, 0.4) is 0 Å². The lowest BCUT2D eigenvalue weighted by Gasteiger charge is -2.15. The minimum Gasteiger partial charge on any atom is -0.411 e. The van der Waals surface area contributed by atoms with Crippen LogP contribution < -0.4 is 0 Å². The summed E-state index contributed by atoms with van der Waals surface area (Å²) >= 11 is 0. The van der Waals surface area contributed by atoms with Crippen molar-refractivity contribution in [1.29, 1.82) is 0 Å². The van der Waals surface area contributed by atoms with Gasteiger partial charge in [-0.25, -0.2) is 0 Å². The molecule has 0 amide bonds. The molecule has 0 aromatic heterocycles. The first kappa shape index (κ1) is 7.85. The zero-order chi connectivity index (χ0) is 8.27. The molecule has 1 aliphatic heterocycles. The van der Waals surface area contributed by atoms with Crippen LogP contribution in [-0.2, 0) is 0 Å². The van der Waals surface area contributed by atoms with Crippen LogP contribution in [0.15, 0.2) is 29.2 Å². The fraction of sp³-hybridized carbons (Fsp3) is 0.375. The van der Waals surface area contributed by atoms with Gasteiger partial charge in [-0.2, -0.15) is 0 Å². The summed E-state index contributed by atoms with van der Waals surface area (Å²) in [5, 5.41) is 11.6. The monoisotopic (exact) mass is 152 g/mol. The van der Waals surface area contributed by atoms with Gasteiger partial charge in [0.1, 0.15) is 0 Å². The lowest BCUT2D eigenvalue weighted by atomic mass is 10.1. The highest BCUT2D eigenvalue weighted by Crippen LogP contribution is 2.11. The molecule has 1 N–H and O–H groups in total. The Balaban J connectivity index is 2.74. The second-order valence-corrected chi connectivity index (χ2v) is 2.59. The first-order valence-electron chi connectivity index (χ1n) is 3.52. The van der Waals surface area contributed by atoms with E-state index in [4.69, 9.17) is 5.21 Å². The smallest absolute Gasteiger partial charge is 0.0814 e. The van der Waals surface area contributed by atoms with E-state index in [1.165, 1.54) is 0 Å². The van der Waals surface area contributed by atoms with Gasteiger partial charge in [-0.3, -0.25) is 0 Å². The summed E-state index contributed by atoms with van der Waals surface area (Å²) in [6.07, 6.45) is 6.81. The van der Waals surface area contributed by atoms with E-state index in [2.05, 4.69) is 5.16 Å². The molecule has 0 radical (unpaired) electrons. The summed E-state index contributed by atoms with van der Waals surface area (Å²) in [7, 11) is 1.94. The third-order valence-electron chi connectivity index (χ3n) is 1.65. The zero-order valence-corrected chi connectivity index (χ0v) is 6.78. The molecule has 0 aliphatic carbocycles. The average Bonchev–Trinajstić information content (AvgIpc) is 2.03. The largest absolute Gasteiger partial charge is 0.411 e. The molecule has 0 bridgehead atoms. The first-order chi connectivity index (χ1) is 5.24. The molecule has 0 fully saturated rings. The van der Waals surface area contributed by atoms with Crippen LogP contribution in [0.25, 0.3) is 0 Å². The molecule has 0 atom stereocenters. The number of nitrogens with zero attached hydrogens (tertiary/aromatic N) is 2. The number of hydrogen-bond donors (Lipinski definition) is 1. The molecule has 60 valence electrons.